The smallest absolute Gasteiger partial charge is 0.389 e. The van der Waals surface area contributed by atoms with Crippen molar-refractivity contribution < 1.29 is 18.3 Å². The van der Waals surface area contributed by atoms with Crippen molar-refractivity contribution in [2.24, 2.45) is 0 Å². The van der Waals surface area contributed by atoms with Crippen molar-refractivity contribution in [1.82, 2.24) is 24.6 Å². The highest BCUT2D eigenvalue weighted by molar-refractivity contribution is 5.64. The molecule has 0 aromatic carbocycles. The maximum Gasteiger partial charge on any atom is 0.433 e. The van der Waals surface area contributed by atoms with Gasteiger partial charge in [0, 0.05) is 37.0 Å². The Kier molecular flexibility index (Phi) is 4.15. The number of aromatic nitrogens is 4. The predicted octanol–water partition coefficient (Wildman–Crippen LogP) is 1.72. The Balaban J connectivity index is 1.75. The van der Waals surface area contributed by atoms with Gasteiger partial charge >= 0.3 is 6.18 Å². The van der Waals surface area contributed by atoms with Crippen LogP contribution < -0.4 is 4.90 Å². The van der Waals surface area contributed by atoms with E-state index in [0.29, 0.717) is 5.56 Å². The van der Waals surface area contributed by atoms with Gasteiger partial charge in [-0.15, -0.1) is 0 Å². The summed E-state index contributed by atoms with van der Waals surface area (Å²) in [5.74, 6) is -0.0168. The number of halogens is 3. The van der Waals surface area contributed by atoms with Crippen molar-refractivity contribution in [2.45, 2.75) is 38.2 Å². The summed E-state index contributed by atoms with van der Waals surface area (Å²) in [6.07, 6.45) is -1.89. The van der Waals surface area contributed by atoms with E-state index in [4.69, 9.17) is 0 Å². The van der Waals surface area contributed by atoms with E-state index in [-0.39, 0.29) is 35.8 Å². The lowest BCUT2D eigenvalue weighted by molar-refractivity contribution is -0.141. The van der Waals surface area contributed by atoms with Crippen LogP contribution in [0, 0.1) is 6.92 Å². The van der Waals surface area contributed by atoms with Crippen LogP contribution in [0.3, 0.4) is 0 Å². The average molecular weight is 382 g/mol. The standard InChI is InChI=1S/C17H21F3N6O/c1-9-14(11-4-21-26(5-11)12-6-24(3)7-12)22-16(23-15(9)17(18,19)20)25-8-13(27)10(25)2/h4-5,10,12-13,27H,6-8H2,1-3H3/t10-,13+/m0/s1. The molecule has 0 amide bonds. The number of alkyl halides is 3. The molecule has 0 bridgehead atoms. The summed E-state index contributed by atoms with van der Waals surface area (Å²) in [7, 11) is 2.00. The summed E-state index contributed by atoms with van der Waals surface area (Å²) in [6.45, 7) is 5.03. The first-order valence-corrected chi connectivity index (χ1v) is 8.78. The van der Waals surface area contributed by atoms with E-state index >= 15 is 0 Å². The summed E-state index contributed by atoms with van der Waals surface area (Å²) in [5.41, 5.74) is -0.220. The number of aliphatic hydroxyl groups excluding tert-OH is 1. The summed E-state index contributed by atoms with van der Waals surface area (Å²) in [4.78, 5) is 11.9. The minimum atomic E-state index is -4.59. The topological polar surface area (TPSA) is 70.3 Å². The number of likely N-dealkylation sites (N-methyl/N-ethyl adjacent to an activating group) is 1. The van der Waals surface area contributed by atoms with Gasteiger partial charge in [0.2, 0.25) is 5.95 Å². The number of rotatable bonds is 3. The fourth-order valence-corrected chi connectivity index (χ4v) is 3.54. The summed E-state index contributed by atoms with van der Waals surface area (Å²) >= 11 is 0. The molecule has 7 nitrogen and oxygen atoms in total. The number of nitrogens with zero attached hydrogens (tertiary/aromatic N) is 6. The molecule has 4 rings (SSSR count). The molecule has 4 heterocycles. The molecule has 0 aliphatic carbocycles. The maximum absolute atomic E-state index is 13.5. The SMILES string of the molecule is Cc1c(-c2cnn(C3CN(C)C3)c2)nc(N2C[C@@H](O)[C@@H]2C)nc1C(F)(F)F. The number of likely N-dealkylation sites (tertiary alicyclic amines) is 1. The van der Waals surface area contributed by atoms with Crippen LogP contribution in [0.2, 0.25) is 0 Å². The summed E-state index contributed by atoms with van der Waals surface area (Å²) in [5, 5.41) is 14.0. The minimum absolute atomic E-state index is 0.0168. The molecule has 10 heteroatoms. The summed E-state index contributed by atoms with van der Waals surface area (Å²) in [6, 6.07) is -0.104. The highest BCUT2D eigenvalue weighted by Crippen LogP contribution is 2.37. The van der Waals surface area contributed by atoms with Gasteiger partial charge in [-0.2, -0.15) is 18.3 Å². The second-order valence-electron chi connectivity index (χ2n) is 7.39. The lowest BCUT2D eigenvalue weighted by Crippen LogP contribution is -2.59. The fraction of sp³-hybridized carbons (Fsp3) is 0.588. The molecule has 2 aliphatic rings. The van der Waals surface area contributed by atoms with E-state index in [2.05, 4.69) is 20.0 Å². The predicted molar refractivity (Wildman–Crippen MR) is 92.3 cm³/mol. The Morgan fingerprint density at radius 2 is 1.89 bits per heavy atom. The van der Waals surface area contributed by atoms with Crippen molar-refractivity contribution >= 4 is 5.95 Å². The van der Waals surface area contributed by atoms with Gasteiger partial charge in [-0.05, 0) is 20.9 Å². The molecular formula is C17H21F3N6O. The van der Waals surface area contributed by atoms with Gasteiger partial charge in [0.1, 0.15) is 0 Å². The summed E-state index contributed by atoms with van der Waals surface area (Å²) < 4.78 is 42.4. The van der Waals surface area contributed by atoms with Crippen LogP contribution in [0.5, 0.6) is 0 Å². The molecule has 0 unspecified atom stereocenters. The highest BCUT2D eigenvalue weighted by Gasteiger charge is 2.40. The van der Waals surface area contributed by atoms with Gasteiger partial charge in [0.05, 0.1) is 30.1 Å². The molecular weight excluding hydrogens is 361 g/mol. The molecule has 2 fully saturated rings. The quantitative estimate of drug-likeness (QED) is 0.872. The van der Waals surface area contributed by atoms with Crippen molar-refractivity contribution in [3.8, 4) is 11.3 Å². The largest absolute Gasteiger partial charge is 0.433 e. The van der Waals surface area contributed by atoms with Crippen molar-refractivity contribution in [3.05, 3.63) is 23.7 Å². The average Bonchev–Trinajstić information content (AvgIpc) is 3.05. The van der Waals surface area contributed by atoms with Gasteiger partial charge < -0.3 is 14.9 Å². The van der Waals surface area contributed by atoms with Crippen molar-refractivity contribution in [3.63, 3.8) is 0 Å². The monoisotopic (exact) mass is 382 g/mol. The van der Waals surface area contributed by atoms with Crippen LogP contribution in [-0.4, -0.2) is 68.6 Å². The maximum atomic E-state index is 13.5. The molecule has 27 heavy (non-hydrogen) atoms. The van der Waals surface area contributed by atoms with Crippen LogP contribution >= 0.6 is 0 Å². The highest BCUT2D eigenvalue weighted by atomic mass is 19.4. The van der Waals surface area contributed by atoms with E-state index in [9.17, 15) is 18.3 Å². The Morgan fingerprint density at radius 3 is 2.44 bits per heavy atom. The van der Waals surface area contributed by atoms with Gasteiger partial charge in [-0.1, -0.05) is 0 Å². The van der Waals surface area contributed by atoms with Gasteiger partial charge in [0.25, 0.3) is 0 Å². The number of aliphatic hydroxyl groups is 1. The number of anilines is 1. The van der Waals surface area contributed by atoms with Crippen LogP contribution in [0.4, 0.5) is 19.1 Å². The molecule has 146 valence electrons. The molecule has 0 spiro atoms. The Labute approximate surface area is 154 Å². The second-order valence-corrected chi connectivity index (χ2v) is 7.39. The Hall–Kier alpha value is -2.20. The van der Waals surface area contributed by atoms with E-state index in [1.165, 1.54) is 6.92 Å². The first kappa shape index (κ1) is 18.2. The van der Waals surface area contributed by atoms with Crippen LogP contribution in [0.1, 0.15) is 24.2 Å². The zero-order valence-electron chi connectivity index (χ0n) is 15.3. The van der Waals surface area contributed by atoms with Crippen LogP contribution in [0.25, 0.3) is 11.3 Å². The third kappa shape index (κ3) is 3.06. The normalized spacial score (nSPS) is 24.0. The number of β-amino-alcohol motifs (C(OH)–C–C–N with tert-alkyl or cyclic N) is 1. The third-order valence-corrected chi connectivity index (χ3v) is 5.39. The molecule has 2 aromatic rings. The lowest BCUT2D eigenvalue weighted by atomic mass is 10.0. The molecule has 2 saturated heterocycles. The van der Waals surface area contributed by atoms with E-state index < -0.39 is 18.0 Å². The first-order chi connectivity index (χ1) is 12.6. The first-order valence-electron chi connectivity index (χ1n) is 8.78. The molecule has 0 radical (unpaired) electrons. The molecule has 2 aromatic heterocycles. The Bertz CT molecular complexity index is 861. The number of hydrogen-bond donors (Lipinski definition) is 1. The number of hydrogen-bond acceptors (Lipinski definition) is 6. The van der Waals surface area contributed by atoms with E-state index in [1.807, 2.05) is 7.05 Å². The Morgan fingerprint density at radius 1 is 1.19 bits per heavy atom. The molecule has 2 aliphatic heterocycles. The van der Waals surface area contributed by atoms with Crippen molar-refractivity contribution in [1.29, 1.82) is 0 Å². The van der Waals surface area contributed by atoms with Gasteiger partial charge in [-0.3, -0.25) is 4.68 Å². The van der Waals surface area contributed by atoms with Crippen LogP contribution in [-0.2, 0) is 6.18 Å². The van der Waals surface area contributed by atoms with Gasteiger partial charge in [-0.25, -0.2) is 9.97 Å². The second kappa shape index (κ2) is 6.16. The van der Waals surface area contributed by atoms with E-state index in [0.717, 1.165) is 13.1 Å². The fourth-order valence-electron chi connectivity index (χ4n) is 3.54. The zero-order valence-corrected chi connectivity index (χ0v) is 15.3. The van der Waals surface area contributed by atoms with Gasteiger partial charge in [0.15, 0.2) is 5.69 Å². The van der Waals surface area contributed by atoms with Crippen LogP contribution in [0.15, 0.2) is 12.4 Å². The molecule has 0 saturated carbocycles. The lowest BCUT2D eigenvalue weighted by Gasteiger charge is -2.43. The third-order valence-electron chi connectivity index (χ3n) is 5.39. The van der Waals surface area contributed by atoms with E-state index in [1.54, 1.807) is 28.9 Å². The minimum Gasteiger partial charge on any atom is -0.389 e. The van der Waals surface area contributed by atoms with Crippen molar-refractivity contribution in [2.75, 3.05) is 31.6 Å². The molecule has 1 N–H and O–H groups in total. The zero-order chi connectivity index (χ0) is 19.5. The molecule has 2 atom stereocenters.